The Hall–Kier alpha value is -6.46. The van der Waals surface area contributed by atoms with Crippen LogP contribution in [0.15, 0.2) is 163 Å². The third-order valence-corrected chi connectivity index (χ3v) is 13.4. The number of para-hydroxylation sites is 3. The van der Waals surface area contributed by atoms with Crippen molar-refractivity contribution in [1.29, 1.82) is 0 Å². The summed E-state index contributed by atoms with van der Waals surface area (Å²) in [4.78, 5) is 10.8. The van der Waals surface area contributed by atoms with Crippen molar-refractivity contribution in [3.8, 4) is 39.6 Å². The molecule has 4 heterocycles. The molecule has 0 saturated carbocycles. The number of aryl methyl sites for hydroxylation is 1. The van der Waals surface area contributed by atoms with Crippen molar-refractivity contribution >= 4 is 66.1 Å². The summed E-state index contributed by atoms with van der Waals surface area (Å²) < 4.78 is 9.11. The van der Waals surface area contributed by atoms with Gasteiger partial charge in [-0.05, 0) is 93.2 Å². The first-order chi connectivity index (χ1) is 31.4. The molecule has 0 saturated heterocycles. The Morgan fingerprint density at radius 3 is 1.85 bits per heavy atom. The minimum absolute atomic E-state index is 0. The Labute approximate surface area is 406 Å². The summed E-state index contributed by atoms with van der Waals surface area (Å²) in [5.41, 5.74) is 14.2. The molecule has 0 spiro atoms. The zero-order chi connectivity index (χ0) is 44.6. The number of fused-ring (bicyclic) bond motifs is 5. The molecule has 0 aliphatic carbocycles. The Bertz CT molecular complexity index is 3370. The van der Waals surface area contributed by atoms with Crippen LogP contribution in [-0.2, 0) is 31.9 Å². The Morgan fingerprint density at radius 2 is 1.18 bits per heavy atom. The normalized spacial score (nSPS) is 12.8. The first-order valence-corrected chi connectivity index (χ1v) is 23.2. The van der Waals surface area contributed by atoms with Gasteiger partial charge >= 0.3 is 0 Å². The van der Waals surface area contributed by atoms with E-state index in [1.165, 1.54) is 27.6 Å². The van der Waals surface area contributed by atoms with Crippen molar-refractivity contribution in [2.75, 3.05) is 9.80 Å². The van der Waals surface area contributed by atoms with Crippen LogP contribution in [0.2, 0.25) is 0 Å². The summed E-state index contributed by atoms with van der Waals surface area (Å²) >= 11 is 1.67. The molecule has 330 valence electrons. The number of aromatic nitrogens is 2. The summed E-state index contributed by atoms with van der Waals surface area (Å²) in [6, 6.07) is 63.8. The molecular formula is C59H49N4OPtS-3. The molecule has 66 heavy (non-hydrogen) atoms. The molecule has 3 aromatic heterocycles. The zero-order valence-corrected chi connectivity index (χ0v) is 41.2. The Morgan fingerprint density at radius 1 is 0.576 bits per heavy atom. The van der Waals surface area contributed by atoms with Gasteiger partial charge in [0.15, 0.2) is 0 Å². The van der Waals surface area contributed by atoms with E-state index in [2.05, 4.69) is 239 Å². The second-order valence-electron chi connectivity index (χ2n) is 19.1. The number of benzene rings is 7. The number of hydrogen-bond acceptors (Lipinski definition) is 5. The second-order valence-corrected chi connectivity index (χ2v) is 20.0. The van der Waals surface area contributed by atoms with Crippen LogP contribution in [-0.4, -0.2) is 9.55 Å². The van der Waals surface area contributed by atoms with E-state index in [4.69, 9.17) is 9.72 Å². The Kier molecular flexibility index (Phi) is 11.0. The van der Waals surface area contributed by atoms with E-state index in [0.717, 1.165) is 71.9 Å². The van der Waals surface area contributed by atoms with E-state index in [9.17, 15) is 0 Å². The summed E-state index contributed by atoms with van der Waals surface area (Å²) in [6.07, 6.45) is 0. The molecule has 10 aromatic rings. The number of pyridine rings is 1. The summed E-state index contributed by atoms with van der Waals surface area (Å²) in [5, 5.41) is 5.53. The molecule has 7 aromatic carbocycles. The second kappa shape index (κ2) is 16.8. The minimum Gasteiger partial charge on any atom is -0.509 e. The largest absolute Gasteiger partial charge is 0.509 e. The van der Waals surface area contributed by atoms with Crippen LogP contribution in [0.25, 0.3) is 60.1 Å². The van der Waals surface area contributed by atoms with Crippen LogP contribution in [0.3, 0.4) is 0 Å². The quantitative estimate of drug-likeness (QED) is 0.149. The monoisotopic (exact) mass is 1060 g/mol. The van der Waals surface area contributed by atoms with E-state index in [-0.39, 0.29) is 31.9 Å². The maximum Gasteiger partial charge on any atom is 0.137 e. The number of ether oxygens (including phenoxy) is 1. The first kappa shape index (κ1) is 43.4. The maximum absolute atomic E-state index is 6.89. The molecule has 11 rings (SSSR count). The van der Waals surface area contributed by atoms with Crippen molar-refractivity contribution in [2.45, 2.75) is 59.3 Å². The van der Waals surface area contributed by atoms with Gasteiger partial charge in [0.1, 0.15) is 10.6 Å². The maximum atomic E-state index is 6.89. The summed E-state index contributed by atoms with van der Waals surface area (Å²) in [6.45, 7) is 18.0. The molecule has 1 aliphatic rings. The molecule has 0 radical (unpaired) electrons. The fourth-order valence-electron chi connectivity index (χ4n) is 9.13. The third kappa shape index (κ3) is 7.70. The van der Waals surface area contributed by atoms with Crippen LogP contribution < -0.4 is 14.5 Å². The predicted octanol–water partition coefficient (Wildman–Crippen LogP) is 16.4. The van der Waals surface area contributed by atoms with Gasteiger partial charge in [0, 0.05) is 71.7 Å². The molecule has 0 fully saturated rings. The molecular weight excluding hydrogens is 1010 g/mol. The van der Waals surface area contributed by atoms with Crippen LogP contribution in [0.1, 0.15) is 58.2 Å². The van der Waals surface area contributed by atoms with Crippen molar-refractivity contribution in [3.05, 3.63) is 199 Å². The third-order valence-electron chi connectivity index (χ3n) is 12.6. The topological polar surface area (TPSA) is 33.5 Å². The average Bonchev–Trinajstić information content (AvgIpc) is 4.03. The van der Waals surface area contributed by atoms with Gasteiger partial charge in [0.05, 0.1) is 0 Å². The number of thiophene rings is 1. The van der Waals surface area contributed by atoms with Crippen LogP contribution in [0.5, 0.6) is 11.5 Å². The van der Waals surface area contributed by atoms with Gasteiger partial charge in [-0.2, -0.15) is 6.07 Å². The number of hydrogen-bond donors (Lipinski definition) is 0. The van der Waals surface area contributed by atoms with Gasteiger partial charge in [-0.1, -0.05) is 138 Å². The van der Waals surface area contributed by atoms with Gasteiger partial charge in [0.2, 0.25) is 0 Å². The number of anilines is 4. The smallest absolute Gasteiger partial charge is 0.137 e. The van der Waals surface area contributed by atoms with Crippen LogP contribution in [0.4, 0.5) is 22.7 Å². The van der Waals surface area contributed by atoms with E-state index in [0.29, 0.717) is 11.5 Å². The van der Waals surface area contributed by atoms with Crippen LogP contribution in [0, 0.1) is 25.7 Å². The van der Waals surface area contributed by atoms with Crippen molar-refractivity contribution in [1.82, 2.24) is 9.55 Å². The van der Waals surface area contributed by atoms with E-state index in [1.807, 2.05) is 6.07 Å². The van der Waals surface area contributed by atoms with Crippen molar-refractivity contribution in [3.63, 3.8) is 0 Å². The van der Waals surface area contributed by atoms with Crippen molar-refractivity contribution in [2.24, 2.45) is 0 Å². The number of rotatable bonds is 7. The van der Waals surface area contributed by atoms with Crippen molar-refractivity contribution < 1.29 is 25.8 Å². The fraction of sp³-hybridized carbons (Fsp3) is 0.153. The van der Waals surface area contributed by atoms with Gasteiger partial charge in [0.25, 0.3) is 0 Å². The standard InChI is InChI=1S/C59H49N4OS.Pt/c1-38-30-55(60-57-46(38)28-29-65-57)63-51-23-15-14-22-47(51)48-27-26-44(36-54(48)63)64-45-32-41(58(2,3)4)31-43(35-45)61-37-62(53-25-17-16-24-52(53)61)56-49(39-18-10-8-11-19-39)33-42(59(5,6)7)34-50(56)40-20-12-9-13-21-40;/h8-34,37H,1-7H3;/q-3;. The van der Waals surface area contributed by atoms with E-state index in [1.54, 1.807) is 11.3 Å². The molecule has 5 nitrogen and oxygen atoms in total. The SMILES string of the molecule is Cc1cc(-n2c3[c-]c(Oc4[c-]c(N5[CH-]N(c6c(-c7ccccc7)cc(C(C)(C)C)cc6-c6ccccc6)c6ccccc65)cc(C(C)(C)C)c4)ccc3c3ccccc32)nc2sccc12.[Pt]. The van der Waals surface area contributed by atoms with Gasteiger partial charge in [-0.15, -0.1) is 65.0 Å². The molecule has 0 unspecified atom stereocenters. The molecule has 0 N–H and O–H groups in total. The van der Waals surface area contributed by atoms with E-state index < -0.39 is 0 Å². The molecule has 1 aliphatic heterocycles. The Balaban J connectivity index is 0.00000511. The van der Waals surface area contributed by atoms with Gasteiger partial charge < -0.3 is 19.1 Å². The van der Waals surface area contributed by atoms with Gasteiger partial charge in [-0.3, -0.25) is 0 Å². The van der Waals surface area contributed by atoms with E-state index >= 15 is 0 Å². The minimum atomic E-state index is -0.186. The van der Waals surface area contributed by atoms with Crippen LogP contribution >= 0.6 is 11.3 Å². The predicted molar refractivity (Wildman–Crippen MR) is 273 cm³/mol. The number of nitrogens with zero attached hydrogens (tertiary/aromatic N) is 4. The zero-order valence-electron chi connectivity index (χ0n) is 38.1. The molecule has 0 amide bonds. The summed E-state index contributed by atoms with van der Waals surface area (Å²) in [5.74, 6) is 2.09. The molecule has 0 atom stereocenters. The van der Waals surface area contributed by atoms with Gasteiger partial charge in [-0.25, -0.2) is 4.98 Å². The molecule has 7 heteroatoms. The average molecular weight is 1060 g/mol. The first-order valence-electron chi connectivity index (χ1n) is 22.3. The fourth-order valence-corrected chi connectivity index (χ4v) is 9.97. The molecule has 0 bridgehead atoms. The summed E-state index contributed by atoms with van der Waals surface area (Å²) in [7, 11) is 0.